The van der Waals surface area contributed by atoms with E-state index in [0.29, 0.717) is 18.4 Å². The van der Waals surface area contributed by atoms with Crippen LogP contribution in [0.25, 0.3) is 0 Å². The van der Waals surface area contributed by atoms with Crippen molar-refractivity contribution in [2.24, 2.45) is 0 Å². The minimum atomic E-state index is -0.874. The summed E-state index contributed by atoms with van der Waals surface area (Å²) in [6, 6.07) is 1.57. The first-order valence-corrected chi connectivity index (χ1v) is 6.11. The number of hydrogen-bond acceptors (Lipinski definition) is 4. The molecule has 1 aliphatic rings. The Balaban J connectivity index is 2.15. The highest BCUT2D eigenvalue weighted by Gasteiger charge is 2.42. The van der Waals surface area contributed by atoms with Crippen LogP contribution >= 0.6 is 0 Å². The summed E-state index contributed by atoms with van der Waals surface area (Å²) in [5.41, 5.74) is -0.453. The molecule has 5 nitrogen and oxygen atoms in total. The van der Waals surface area contributed by atoms with E-state index in [1.54, 1.807) is 6.07 Å². The maximum Gasteiger partial charge on any atom is 0.331 e. The number of methoxy groups -OCH3 is 1. The number of furan rings is 1. The molecule has 0 aliphatic heterocycles. The molecule has 1 amide bonds. The molecule has 0 bridgehead atoms. The number of amides is 1. The van der Waals surface area contributed by atoms with E-state index in [1.165, 1.54) is 19.6 Å². The van der Waals surface area contributed by atoms with E-state index in [0.717, 1.165) is 19.3 Å². The smallest absolute Gasteiger partial charge is 0.331 e. The molecule has 0 unspecified atom stereocenters. The fourth-order valence-electron chi connectivity index (χ4n) is 2.41. The summed E-state index contributed by atoms with van der Waals surface area (Å²) in [5.74, 6) is -0.657. The molecule has 0 spiro atoms. The SMILES string of the molecule is COC(=O)C1(NC(=O)c2ccoc2)CCCCC1. The topological polar surface area (TPSA) is 68.5 Å². The van der Waals surface area contributed by atoms with E-state index in [-0.39, 0.29) is 11.9 Å². The van der Waals surface area contributed by atoms with Crippen LogP contribution in [0.1, 0.15) is 42.5 Å². The number of nitrogens with one attached hydrogen (secondary N) is 1. The van der Waals surface area contributed by atoms with Crippen LogP contribution in [0, 0.1) is 0 Å². The third-order valence-corrected chi connectivity index (χ3v) is 3.42. The number of carbonyl (C=O) groups is 2. The molecule has 0 aromatic carbocycles. The van der Waals surface area contributed by atoms with Gasteiger partial charge in [-0.15, -0.1) is 0 Å². The van der Waals surface area contributed by atoms with Crippen molar-refractivity contribution < 1.29 is 18.7 Å². The molecule has 1 saturated carbocycles. The molecule has 1 N–H and O–H groups in total. The van der Waals surface area contributed by atoms with Gasteiger partial charge in [-0.2, -0.15) is 0 Å². The first kappa shape index (κ1) is 12.7. The van der Waals surface area contributed by atoms with Crippen molar-refractivity contribution in [1.82, 2.24) is 5.32 Å². The Bertz CT molecular complexity index is 418. The molecule has 18 heavy (non-hydrogen) atoms. The Morgan fingerprint density at radius 3 is 2.61 bits per heavy atom. The number of carbonyl (C=O) groups excluding carboxylic acids is 2. The lowest BCUT2D eigenvalue weighted by atomic mass is 9.81. The third-order valence-electron chi connectivity index (χ3n) is 3.42. The second-order valence-corrected chi connectivity index (χ2v) is 4.60. The zero-order valence-electron chi connectivity index (χ0n) is 10.4. The predicted molar refractivity (Wildman–Crippen MR) is 64.0 cm³/mol. The minimum absolute atomic E-state index is 0.295. The molecule has 98 valence electrons. The van der Waals surface area contributed by atoms with Gasteiger partial charge in [0, 0.05) is 0 Å². The molecular weight excluding hydrogens is 234 g/mol. The molecule has 1 aromatic rings. The molecule has 0 atom stereocenters. The third kappa shape index (κ3) is 2.39. The van der Waals surface area contributed by atoms with E-state index in [2.05, 4.69) is 5.32 Å². The lowest BCUT2D eigenvalue weighted by Crippen LogP contribution is -2.56. The number of hydrogen-bond donors (Lipinski definition) is 1. The van der Waals surface area contributed by atoms with Crippen LogP contribution in [0.3, 0.4) is 0 Å². The summed E-state index contributed by atoms with van der Waals surface area (Å²) in [5, 5.41) is 2.81. The maximum atomic E-state index is 12.0. The van der Waals surface area contributed by atoms with E-state index in [4.69, 9.17) is 9.15 Å². The van der Waals surface area contributed by atoms with Crippen LogP contribution in [-0.4, -0.2) is 24.5 Å². The van der Waals surface area contributed by atoms with Crippen LogP contribution in [-0.2, 0) is 9.53 Å². The molecule has 1 heterocycles. The molecule has 1 fully saturated rings. The summed E-state index contributed by atoms with van der Waals surface area (Å²) in [4.78, 5) is 24.0. The van der Waals surface area contributed by atoms with Gasteiger partial charge >= 0.3 is 5.97 Å². The van der Waals surface area contributed by atoms with Crippen LogP contribution < -0.4 is 5.32 Å². The van der Waals surface area contributed by atoms with E-state index >= 15 is 0 Å². The van der Waals surface area contributed by atoms with E-state index in [1.807, 2.05) is 0 Å². The standard InChI is InChI=1S/C13H17NO4/c1-17-12(16)13(6-3-2-4-7-13)14-11(15)10-5-8-18-9-10/h5,8-9H,2-4,6-7H2,1H3,(H,14,15). The van der Waals surface area contributed by atoms with Crippen molar-refractivity contribution in [1.29, 1.82) is 0 Å². The summed E-state index contributed by atoms with van der Waals surface area (Å²) in [6.45, 7) is 0. The first-order valence-electron chi connectivity index (χ1n) is 6.11. The van der Waals surface area contributed by atoms with Gasteiger partial charge in [0.1, 0.15) is 11.8 Å². The van der Waals surface area contributed by atoms with Gasteiger partial charge in [0.05, 0.1) is 18.9 Å². The Kier molecular flexibility index (Phi) is 3.69. The molecule has 1 aliphatic carbocycles. The summed E-state index contributed by atoms with van der Waals surface area (Å²) < 4.78 is 9.70. The fraction of sp³-hybridized carbons (Fsp3) is 0.538. The number of rotatable bonds is 3. The second kappa shape index (κ2) is 5.25. The average molecular weight is 251 g/mol. The summed E-state index contributed by atoms with van der Waals surface area (Å²) in [6.07, 6.45) is 6.97. The lowest BCUT2D eigenvalue weighted by molar-refractivity contribution is -0.149. The Labute approximate surface area is 105 Å². The van der Waals surface area contributed by atoms with Crippen LogP contribution in [0.2, 0.25) is 0 Å². The number of esters is 1. The highest BCUT2D eigenvalue weighted by atomic mass is 16.5. The van der Waals surface area contributed by atoms with Crippen molar-refractivity contribution in [2.45, 2.75) is 37.6 Å². The molecule has 0 saturated heterocycles. The van der Waals surface area contributed by atoms with E-state index < -0.39 is 5.54 Å². The first-order chi connectivity index (χ1) is 8.68. The van der Waals surface area contributed by atoms with Gasteiger partial charge in [0.25, 0.3) is 5.91 Å². The number of ether oxygens (including phenoxy) is 1. The molecular formula is C13H17NO4. The lowest BCUT2D eigenvalue weighted by Gasteiger charge is -2.35. The zero-order chi connectivity index (χ0) is 13.0. The van der Waals surface area contributed by atoms with Gasteiger partial charge in [-0.25, -0.2) is 4.79 Å². The monoisotopic (exact) mass is 251 g/mol. The Morgan fingerprint density at radius 1 is 1.33 bits per heavy atom. The van der Waals surface area contributed by atoms with Gasteiger partial charge in [0.15, 0.2) is 0 Å². The fourth-order valence-corrected chi connectivity index (χ4v) is 2.41. The molecule has 0 radical (unpaired) electrons. The van der Waals surface area contributed by atoms with E-state index in [9.17, 15) is 9.59 Å². The maximum absolute atomic E-state index is 12.0. The zero-order valence-corrected chi connectivity index (χ0v) is 10.4. The summed E-state index contributed by atoms with van der Waals surface area (Å²) in [7, 11) is 1.35. The normalized spacial score (nSPS) is 18.1. The van der Waals surface area contributed by atoms with Gasteiger partial charge in [-0.1, -0.05) is 19.3 Å². The van der Waals surface area contributed by atoms with Crippen molar-refractivity contribution in [3.8, 4) is 0 Å². The van der Waals surface area contributed by atoms with Crippen molar-refractivity contribution >= 4 is 11.9 Å². The summed E-state index contributed by atoms with van der Waals surface area (Å²) >= 11 is 0. The van der Waals surface area contributed by atoms with Gasteiger partial charge in [0.2, 0.25) is 0 Å². The predicted octanol–water partition coefficient (Wildman–Crippen LogP) is 1.89. The molecule has 1 aromatic heterocycles. The largest absolute Gasteiger partial charge is 0.472 e. The molecule has 5 heteroatoms. The van der Waals surface area contributed by atoms with Crippen molar-refractivity contribution in [2.75, 3.05) is 7.11 Å². The quantitative estimate of drug-likeness (QED) is 0.833. The highest BCUT2D eigenvalue weighted by molar-refractivity contribution is 5.97. The molecule has 2 rings (SSSR count). The highest BCUT2D eigenvalue weighted by Crippen LogP contribution is 2.29. The van der Waals surface area contributed by atoms with Crippen LogP contribution in [0.5, 0.6) is 0 Å². The van der Waals surface area contributed by atoms with Crippen LogP contribution in [0.4, 0.5) is 0 Å². The Morgan fingerprint density at radius 2 is 2.06 bits per heavy atom. The second-order valence-electron chi connectivity index (χ2n) is 4.60. The van der Waals surface area contributed by atoms with Gasteiger partial charge in [-0.05, 0) is 18.9 Å². The van der Waals surface area contributed by atoms with Crippen molar-refractivity contribution in [3.05, 3.63) is 24.2 Å². The minimum Gasteiger partial charge on any atom is -0.472 e. The van der Waals surface area contributed by atoms with Gasteiger partial charge in [-0.3, -0.25) is 4.79 Å². The van der Waals surface area contributed by atoms with Crippen LogP contribution in [0.15, 0.2) is 23.0 Å². The average Bonchev–Trinajstić information content (AvgIpc) is 2.93. The Hall–Kier alpha value is -1.78. The van der Waals surface area contributed by atoms with Gasteiger partial charge < -0.3 is 14.5 Å². The van der Waals surface area contributed by atoms with Crippen molar-refractivity contribution in [3.63, 3.8) is 0 Å².